The first-order chi connectivity index (χ1) is 13.0. The molecule has 3 rings (SSSR count). The van der Waals surface area contributed by atoms with E-state index in [2.05, 4.69) is 5.32 Å². The van der Waals surface area contributed by atoms with Crippen LogP contribution in [-0.4, -0.2) is 49.6 Å². The minimum absolute atomic E-state index is 0.108. The number of nitrogens with one attached hydrogen (secondary N) is 1. The van der Waals surface area contributed by atoms with Gasteiger partial charge in [0.15, 0.2) is 6.61 Å². The van der Waals surface area contributed by atoms with E-state index in [9.17, 15) is 9.59 Å². The Kier molecular flexibility index (Phi) is 6.08. The largest absolute Gasteiger partial charge is 0.483 e. The van der Waals surface area contributed by atoms with Crippen LogP contribution >= 0.6 is 0 Å². The van der Waals surface area contributed by atoms with Gasteiger partial charge in [0.1, 0.15) is 5.75 Å². The van der Waals surface area contributed by atoms with E-state index in [1.807, 2.05) is 32.0 Å². The van der Waals surface area contributed by atoms with Crippen molar-refractivity contribution in [3.8, 4) is 5.75 Å². The molecule has 0 atom stereocenters. The second-order valence-corrected chi connectivity index (χ2v) is 6.54. The van der Waals surface area contributed by atoms with Gasteiger partial charge < -0.3 is 19.7 Å². The Morgan fingerprint density at radius 2 is 1.81 bits per heavy atom. The topological polar surface area (TPSA) is 67.9 Å². The molecule has 1 saturated heterocycles. The Morgan fingerprint density at radius 1 is 1.07 bits per heavy atom. The molecule has 0 saturated carbocycles. The minimum Gasteiger partial charge on any atom is -0.483 e. The summed E-state index contributed by atoms with van der Waals surface area (Å²) < 4.78 is 10.9. The van der Waals surface area contributed by atoms with Gasteiger partial charge in [0, 0.05) is 18.8 Å². The van der Waals surface area contributed by atoms with Crippen molar-refractivity contribution in [2.75, 3.05) is 38.2 Å². The summed E-state index contributed by atoms with van der Waals surface area (Å²) in [5.74, 6) is 0.0274. The van der Waals surface area contributed by atoms with Crippen molar-refractivity contribution >= 4 is 17.5 Å². The molecule has 0 aliphatic carbocycles. The number of hydrogen-bond donors (Lipinski definition) is 1. The zero-order valence-corrected chi connectivity index (χ0v) is 15.7. The van der Waals surface area contributed by atoms with Gasteiger partial charge in [-0.1, -0.05) is 18.2 Å². The number of ether oxygens (including phenoxy) is 2. The van der Waals surface area contributed by atoms with Crippen LogP contribution in [0.3, 0.4) is 0 Å². The van der Waals surface area contributed by atoms with Crippen LogP contribution in [0.2, 0.25) is 0 Å². The van der Waals surface area contributed by atoms with Crippen molar-refractivity contribution in [2.24, 2.45) is 0 Å². The van der Waals surface area contributed by atoms with Crippen molar-refractivity contribution in [1.29, 1.82) is 0 Å². The molecule has 0 radical (unpaired) electrons. The average Bonchev–Trinajstić information content (AvgIpc) is 2.69. The lowest BCUT2D eigenvalue weighted by molar-refractivity contribution is -0.118. The van der Waals surface area contributed by atoms with E-state index in [-0.39, 0.29) is 18.4 Å². The number of aryl methyl sites for hydroxylation is 2. The summed E-state index contributed by atoms with van der Waals surface area (Å²) in [6.45, 7) is 6.03. The van der Waals surface area contributed by atoms with Crippen LogP contribution in [0.15, 0.2) is 42.5 Å². The summed E-state index contributed by atoms with van der Waals surface area (Å²) in [5.41, 5.74) is 3.46. The fourth-order valence-corrected chi connectivity index (χ4v) is 2.87. The molecule has 27 heavy (non-hydrogen) atoms. The Hall–Kier alpha value is -2.86. The minimum atomic E-state index is -0.271. The molecule has 1 fully saturated rings. The van der Waals surface area contributed by atoms with Gasteiger partial charge in [-0.25, -0.2) is 0 Å². The van der Waals surface area contributed by atoms with Crippen LogP contribution in [-0.2, 0) is 9.53 Å². The highest BCUT2D eigenvalue weighted by molar-refractivity contribution is 5.97. The summed E-state index contributed by atoms with van der Waals surface area (Å²) in [6.07, 6.45) is 0. The number of morpholine rings is 1. The second kappa shape index (κ2) is 8.68. The van der Waals surface area contributed by atoms with Gasteiger partial charge in [-0.2, -0.15) is 0 Å². The van der Waals surface area contributed by atoms with E-state index >= 15 is 0 Å². The molecule has 6 nitrogen and oxygen atoms in total. The summed E-state index contributed by atoms with van der Waals surface area (Å²) >= 11 is 0. The average molecular weight is 368 g/mol. The smallest absolute Gasteiger partial charge is 0.262 e. The van der Waals surface area contributed by atoms with Gasteiger partial charge >= 0.3 is 0 Å². The molecule has 142 valence electrons. The van der Waals surface area contributed by atoms with E-state index in [1.54, 1.807) is 29.2 Å². The third kappa shape index (κ3) is 4.86. The zero-order chi connectivity index (χ0) is 19.2. The molecule has 0 spiro atoms. The molecular weight excluding hydrogens is 344 g/mol. The van der Waals surface area contributed by atoms with Crippen LogP contribution in [0.1, 0.15) is 21.5 Å². The van der Waals surface area contributed by atoms with Crippen LogP contribution in [0.25, 0.3) is 0 Å². The van der Waals surface area contributed by atoms with Gasteiger partial charge in [-0.15, -0.1) is 0 Å². The van der Waals surface area contributed by atoms with Crippen LogP contribution in [0.5, 0.6) is 5.75 Å². The molecule has 0 unspecified atom stereocenters. The van der Waals surface area contributed by atoms with Gasteiger partial charge in [-0.05, 0) is 49.2 Å². The highest BCUT2D eigenvalue weighted by atomic mass is 16.5. The van der Waals surface area contributed by atoms with E-state index < -0.39 is 0 Å². The van der Waals surface area contributed by atoms with E-state index in [0.717, 1.165) is 11.3 Å². The van der Waals surface area contributed by atoms with Gasteiger partial charge in [0.25, 0.3) is 11.8 Å². The summed E-state index contributed by atoms with van der Waals surface area (Å²) in [5, 5.41) is 2.82. The van der Waals surface area contributed by atoms with Crippen molar-refractivity contribution < 1.29 is 19.1 Å². The maximum Gasteiger partial charge on any atom is 0.262 e. The molecule has 0 aromatic heterocycles. The molecule has 2 amide bonds. The molecule has 2 aromatic rings. The number of para-hydroxylation sites is 1. The first kappa shape index (κ1) is 18.9. The first-order valence-electron chi connectivity index (χ1n) is 9.00. The van der Waals surface area contributed by atoms with Crippen LogP contribution in [0.4, 0.5) is 5.69 Å². The van der Waals surface area contributed by atoms with Gasteiger partial charge in [-0.3, -0.25) is 9.59 Å². The SMILES string of the molecule is Cc1ccc(NC(=O)COc2ccccc2C(=O)N2CCOCC2)cc1C. The number of rotatable bonds is 5. The third-order valence-electron chi connectivity index (χ3n) is 4.57. The number of amides is 2. The second-order valence-electron chi connectivity index (χ2n) is 6.54. The fourth-order valence-electron chi connectivity index (χ4n) is 2.87. The molecular formula is C21H24N2O4. The number of benzene rings is 2. The quantitative estimate of drug-likeness (QED) is 0.881. The number of hydrogen-bond acceptors (Lipinski definition) is 4. The monoisotopic (exact) mass is 368 g/mol. The van der Waals surface area contributed by atoms with E-state index in [1.165, 1.54) is 5.56 Å². The summed E-state index contributed by atoms with van der Waals surface area (Å²) in [4.78, 5) is 26.7. The van der Waals surface area contributed by atoms with Crippen molar-refractivity contribution in [1.82, 2.24) is 4.90 Å². The van der Waals surface area contributed by atoms with Crippen molar-refractivity contribution in [2.45, 2.75) is 13.8 Å². The number of anilines is 1. The summed E-state index contributed by atoms with van der Waals surface area (Å²) in [6, 6.07) is 12.7. The predicted octanol–water partition coefficient (Wildman–Crippen LogP) is 2.79. The number of carbonyl (C=O) groups excluding carboxylic acids is 2. The van der Waals surface area contributed by atoms with Crippen LogP contribution < -0.4 is 10.1 Å². The molecule has 2 aromatic carbocycles. The predicted molar refractivity (Wildman–Crippen MR) is 103 cm³/mol. The lowest BCUT2D eigenvalue weighted by atomic mass is 10.1. The molecule has 0 bridgehead atoms. The standard InChI is InChI=1S/C21H24N2O4/c1-15-7-8-17(13-16(15)2)22-20(24)14-27-19-6-4-3-5-18(19)21(25)23-9-11-26-12-10-23/h3-8,13H,9-12,14H2,1-2H3,(H,22,24). The molecule has 1 aliphatic rings. The molecule has 6 heteroatoms. The van der Waals surface area contributed by atoms with E-state index in [4.69, 9.17) is 9.47 Å². The number of carbonyl (C=O) groups is 2. The Morgan fingerprint density at radius 3 is 2.56 bits per heavy atom. The summed E-state index contributed by atoms with van der Waals surface area (Å²) in [7, 11) is 0. The van der Waals surface area contributed by atoms with Gasteiger partial charge in [0.05, 0.1) is 18.8 Å². The fraction of sp³-hybridized carbons (Fsp3) is 0.333. The normalized spacial score (nSPS) is 13.9. The lowest BCUT2D eigenvalue weighted by Crippen LogP contribution is -2.40. The van der Waals surface area contributed by atoms with Crippen LogP contribution in [0, 0.1) is 13.8 Å². The molecule has 1 aliphatic heterocycles. The Bertz CT molecular complexity index is 829. The van der Waals surface area contributed by atoms with Crippen molar-refractivity contribution in [3.63, 3.8) is 0 Å². The highest BCUT2D eigenvalue weighted by Crippen LogP contribution is 2.21. The maximum atomic E-state index is 12.7. The third-order valence-corrected chi connectivity index (χ3v) is 4.57. The first-order valence-corrected chi connectivity index (χ1v) is 9.00. The Labute approximate surface area is 159 Å². The van der Waals surface area contributed by atoms with E-state index in [0.29, 0.717) is 37.6 Å². The molecule has 1 N–H and O–H groups in total. The highest BCUT2D eigenvalue weighted by Gasteiger charge is 2.21. The zero-order valence-electron chi connectivity index (χ0n) is 15.7. The maximum absolute atomic E-state index is 12.7. The lowest BCUT2D eigenvalue weighted by Gasteiger charge is -2.27. The Balaban J connectivity index is 1.62. The van der Waals surface area contributed by atoms with Crippen molar-refractivity contribution in [3.05, 3.63) is 59.2 Å². The number of nitrogens with zero attached hydrogens (tertiary/aromatic N) is 1. The van der Waals surface area contributed by atoms with Gasteiger partial charge in [0.2, 0.25) is 0 Å². The molecule has 1 heterocycles.